The average molecular weight is 270 g/mol. The van der Waals surface area contributed by atoms with E-state index in [0.29, 0.717) is 0 Å². The van der Waals surface area contributed by atoms with Crippen molar-refractivity contribution in [3.8, 4) is 11.4 Å². The van der Waals surface area contributed by atoms with Crippen LogP contribution in [-0.2, 0) is 4.79 Å². The summed E-state index contributed by atoms with van der Waals surface area (Å²) in [4.78, 5) is 18.3. The first-order valence-corrected chi connectivity index (χ1v) is 6.91. The minimum Gasteiger partial charge on any atom is -0.334 e. The van der Waals surface area contributed by atoms with Crippen LogP contribution in [0.25, 0.3) is 11.4 Å². The summed E-state index contributed by atoms with van der Waals surface area (Å²) in [6.07, 6.45) is 2.02. The summed E-state index contributed by atoms with van der Waals surface area (Å²) in [5, 5.41) is 7.17. The fraction of sp³-hybridized carbons (Fsp3) is 0.400. The first-order valence-electron chi connectivity index (χ1n) is 6.91. The minimum atomic E-state index is 0.104. The lowest BCUT2D eigenvalue weighted by atomic mass is 10.1. The Kier molecular flexibility index (Phi) is 3.26. The molecule has 104 valence electrons. The number of aryl methyl sites for hydroxylation is 1. The summed E-state index contributed by atoms with van der Waals surface area (Å²) in [6.45, 7) is 4.42. The third kappa shape index (κ3) is 2.31. The second-order valence-electron chi connectivity index (χ2n) is 5.25. The standard InChI is InChI=1S/C15H18N4O/c1-10-9-14(18-17-10)12-5-3-6-13(16-12)15-7-4-8-19(15)11(2)20/h3,5-6,9,15H,4,7-8H2,1-2H3,(H,17,18)/t15-/m1/s1. The van der Waals surface area contributed by atoms with E-state index < -0.39 is 0 Å². The van der Waals surface area contributed by atoms with E-state index in [1.165, 1.54) is 0 Å². The van der Waals surface area contributed by atoms with Gasteiger partial charge in [0.2, 0.25) is 5.91 Å². The van der Waals surface area contributed by atoms with Crippen LogP contribution in [0.2, 0.25) is 0 Å². The molecule has 1 saturated heterocycles. The highest BCUT2D eigenvalue weighted by Gasteiger charge is 2.28. The lowest BCUT2D eigenvalue weighted by Gasteiger charge is -2.23. The molecule has 0 aliphatic carbocycles. The van der Waals surface area contributed by atoms with Crippen LogP contribution in [-0.4, -0.2) is 32.5 Å². The van der Waals surface area contributed by atoms with Crippen LogP contribution in [0.5, 0.6) is 0 Å². The van der Waals surface area contributed by atoms with E-state index in [4.69, 9.17) is 4.98 Å². The van der Waals surface area contributed by atoms with Crippen LogP contribution >= 0.6 is 0 Å². The molecule has 0 radical (unpaired) electrons. The van der Waals surface area contributed by atoms with E-state index in [1.54, 1.807) is 6.92 Å². The topological polar surface area (TPSA) is 61.9 Å². The molecule has 3 rings (SSSR count). The number of hydrogen-bond acceptors (Lipinski definition) is 3. The number of nitrogens with zero attached hydrogens (tertiary/aromatic N) is 3. The highest BCUT2D eigenvalue weighted by molar-refractivity contribution is 5.74. The molecule has 1 fully saturated rings. The number of pyridine rings is 1. The van der Waals surface area contributed by atoms with Crippen molar-refractivity contribution in [3.05, 3.63) is 35.7 Å². The summed E-state index contributed by atoms with van der Waals surface area (Å²) in [5.41, 5.74) is 3.66. The molecule has 2 aromatic heterocycles. The Balaban J connectivity index is 1.93. The number of amides is 1. The van der Waals surface area contributed by atoms with Crippen molar-refractivity contribution in [1.82, 2.24) is 20.1 Å². The number of hydrogen-bond donors (Lipinski definition) is 1. The Morgan fingerprint density at radius 3 is 2.95 bits per heavy atom. The summed E-state index contributed by atoms with van der Waals surface area (Å²) < 4.78 is 0. The van der Waals surface area contributed by atoms with Crippen molar-refractivity contribution in [1.29, 1.82) is 0 Å². The summed E-state index contributed by atoms with van der Waals surface area (Å²) in [6, 6.07) is 8.01. The van der Waals surface area contributed by atoms with Crippen LogP contribution in [0.1, 0.15) is 37.2 Å². The number of rotatable bonds is 2. The third-order valence-corrected chi connectivity index (χ3v) is 3.74. The third-order valence-electron chi connectivity index (χ3n) is 3.74. The number of nitrogens with one attached hydrogen (secondary N) is 1. The molecular formula is C15H18N4O. The smallest absolute Gasteiger partial charge is 0.220 e. The molecule has 2 aromatic rings. The Morgan fingerprint density at radius 1 is 1.40 bits per heavy atom. The summed E-state index contributed by atoms with van der Waals surface area (Å²) in [7, 11) is 0. The lowest BCUT2D eigenvalue weighted by molar-refractivity contribution is -0.129. The molecular weight excluding hydrogens is 252 g/mol. The van der Waals surface area contributed by atoms with Gasteiger partial charge in [-0.3, -0.25) is 9.89 Å². The molecule has 20 heavy (non-hydrogen) atoms. The number of aromatic amines is 1. The van der Waals surface area contributed by atoms with Crippen LogP contribution < -0.4 is 0 Å². The maximum absolute atomic E-state index is 11.7. The van der Waals surface area contributed by atoms with Gasteiger partial charge in [0.25, 0.3) is 0 Å². The monoisotopic (exact) mass is 270 g/mol. The molecule has 3 heterocycles. The molecule has 1 N–H and O–H groups in total. The zero-order valence-electron chi connectivity index (χ0n) is 11.8. The molecule has 5 nitrogen and oxygen atoms in total. The van der Waals surface area contributed by atoms with Crippen molar-refractivity contribution in [2.45, 2.75) is 32.7 Å². The highest BCUT2D eigenvalue weighted by Crippen LogP contribution is 2.31. The second-order valence-corrected chi connectivity index (χ2v) is 5.25. The quantitative estimate of drug-likeness (QED) is 0.911. The van der Waals surface area contributed by atoms with Crippen molar-refractivity contribution >= 4 is 5.91 Å². The summed E-state index contributed by atoms with van der Waals surface area (Å²) >= 11 is 0. The number of likely N-dealkylation sites (tertiary alicyclic amines) is 1. The fourth-order valence-electron chi connectivity index (χ4n) is 2.78. The van der Waals surface area contributed by atoms with Gasteiger partial charge in [0.15, 0.2) is 0 Å². The number of aromatic nitrogens is 3. The molecule has 1 aliphatic rings. The van der Waals surface area contributed by atoms with Crippen LogP contribution in [0.15, 0.2) is 24.3 Å². The van der Waals surface area contributed by atoms with E-state index in [9.17, 15) is 4.79 Å². The lowest BCUT2D eigenvalue weighted by Crippen LogP contribution is -2.28. The molecule has 0 bridgehead atoms. The Hall–Kier alpha value is -2.17. The van der Waals surface area contributed by atoms with Gasteiger partial charge in [-0.15, -0.1) is 0 Å². The van der Waals surface area contributed by atoms with Gasteiger partial charge in [0.05, 0.1) is 17.4 Å². The van der Waals surface area contributed by atoms with Crippen LogP contribution in [0.3, 0.4) is 0 Å². The second kappa shape index (κ2) is 5.07. The maximum atomic E-state index is 11.7. The van der Waals surface area contributed by atoms with Crippen molar-refractivity contribution in [3.63, 3.8) is 0 Å². The van der Waals surface area contributed by atoms with Crippen LogP contribution in [0, 0.1) is 6.92 Å². The number of H-pyrrole nitrogens is 1. The van der Waals surface area contributed by atoms with Gasteiger partial charge < -0.3 is 4.90 Å². The Bertz CT molecular complexity index is 634. The maximum Gasteiger partial charge on any atom is 0.220 e. The Morgan fingerprint density at radius 2 is 2.25 bits per heavy atom. The van der Waals surface area contributed by atoms with E-state index >= 15 is 0 Å². The van der Waals surface area contributed by atoms with E-state index in [0.717, 1.165) is 42.2 Å². The van der Waals surface area contributed by atoms with Gasteiger partial charge in [-0.2, -0.15) is 5.10 Å². The molecule has 0 unspecified atom stereocenters. The minimum absolute atomic E-state index is 0.104. The predicted molar refractivity (Wildman–Crippen MR) is 75.9 cm³/mol. The SMILES string of the molecule is CC(=O)N1CCC[C@@H]1c1cccc(-c2cc(C)[nH]n2)n1. The summed E-state index contributed by atoms with van der Waals surface area (Å²) in [5.74, 6) is 0.121. The number of carbonyl (C=O) groups is 1. The largest absolute Gasteiger partial charge is 0.334 e. The number of carbonyl (C=O) groups excluding carboxylic acids is 1. The molecule has 1 atom stereocenters. The first-order chi connectivity index (χ1) is 9.65. The average Bonchev–Trinajstić information content (AvgIpc) is 3.07. The fourth-order valence-corrected chi connectivity index (χ4v) is 2.78. The molecule has 0 spiro atoms. The normalized spacial score (nSPS) is 18.5. The Labute approximate surface area is 118 Å². The van der Waals surface area contributed by atoms with Gasteiger partial charge in [0, 0.05) is 19.2 Å². The van der Waals surface area contributed by atoms with Gasteiger partial charge in [0.1, 0.15) is 5.69 Å². The van der Waals surface area contributed by atoms with Gasteiger partial charge >= 0.3 is 0 Å². The molecule has 0 aromatic carbocycles. The van der Waals surface area contributed by atoms with Crippen molar-refractivity contribution < 1.29 is 4.79 Å². The first kappa shape index (κ1) is 12.8. The highest BCUT2D eigenvalue weighted by atomic mass is 16.2. The van der Waals surface area contributed by atoms with Gasteiger partial charge in [-0.1, -0.05) is 6.07 Å². The van der Waals surface area contributed by atoms with Crippen molar-refractivity contribution in [2.24, 2.45) is 0 Å². The molecule has 5 heteroatoms. The van der Waals surface area contributed by atoms with Gasteiger partial charge in [-0.05, 0) is 38.0 Å². The zero-order chi connectivity index (χ0) is 14.1. The zero-order valence-corrected chi connectivity index (χ0v) is 11.8. The van der Waals surface area contributed by atoms with E-state index in [2.05, 4.69) is 10.2 Å². The molecule has 1 amide bonds. The van der Waals surface area contributed by atoms with Crippen molar-refractivity contribution in [2.75, 3.05) is 6.54 Å². The van der Waals surface area contributed by atoms with E-state index in [-0.39, 0.29) is 11.9 Å². The molecule has 0 saturated carbocycles. The predicted octanol–water partition coefficient (Wildman–Crippen LogP) is 2.46. The van der Waals surface area contributed by atoms with Crippen LogP contribution in [0.4, 0.5) is 0 Å². The van der Waals surface area contributed by atoms with Gasteiger partial charge in [-0.25, -0.2) is 4.98 Å². The molecule has 1 aliphatic heterocycles. The van der Waals surface area contributed by atoms with E-state index in [1.807, 2.05) is 36.1 Å².